The fourth-order valence-corrected chi connectivity index (χ4v) is 2.80. The molecule has 3 nitrogen and oxygen atoms in total. The number of nitrogens with zero attached hydrogens (tertiary/aromatic N) is 2. The van der Waals surface area contributed by atoms with Crippen molar-refractivity contribution in [1.29, 1.82) is 0 Å². The molecule has 0 saturated carbocycles. The van der Waals surface area contributed by atoms with Crippen molar-refractivity contribution in [3.63, 3.8) is 0 Å². The van der Waals surface area contributed by atoms with E-state index in [9.17, 15) is 4.79 Å². The second-order valence-electron chi connectivity index (χ2n) is 4.64. The molecular weight excluding hydrogens is 292 g/mol. The van der Waals surface area contributed by atoms with Gasteiger partial charge in [0, 0.05) is 17.4 Å². The molecular formula is C14H13BrN2O. The Morgan fingerprint density at radius 1 is 1.50 bits per heavy atom. The van der Waals surface area contributed by atoms with Crippen LogP contribution in [-0.4, -0.2) is 9.55 Å². The van der Waals surface area contributed by atoms with Crippen LogP contribution in [0, 0.1) is 5.92 Å². The summed E-state index contributed by atoms with van der Waals surface area (Å²) >= 11 is 3.41. The monoisotopic (exact) mass is 304 g/mol. The third-order valence-corrected chi connectivity index (χ3v) is 3.98. The molecule has 92 valence electrons. The molecule has 3 rings (SSSR count). The Labute approximate surface area is 113 Å². The van der Waals surface area contributed by atoms with E-state index in [0.717, 1.165) is 28.7 Å². The molecule has 18 heavy (non-hydrogen) atoms. The summed E-state index contributed by atoms with van der Waals surface area (Å²) in [6, 6.07) is 5.61. The second-order valence-corrected chi connectivity index (χ2v) is 5.56. The quantitative estimate of drug-likeness (QED) is 0.759. The molecule has 1 aromatic heterocycles. The number of halogens is 1. The van der Waals surface area contributed by atoms with Crippen molar-refractivity contribution in [2.45, 2.75) is 19.4 Å². The highest BCUT2D eigenvalue weighted by Gasteiger charge is 2.19. The number of rotatable bonds is 1. The molecule has 1 aromatic carbocycles. The van der Waals surface area contributed by atoms with Gasteiger partial charge in [-0.25, -0.2) is 4.98 Å². The van der Waals surface area contributed by atoms with Gasteiger partial charge in [0.2, 0.25) is 0 Å². The van der Waals surface area contributed by atoms with E-state index in [4.69, 9.17) is 0 Å². The van der Waals surface area contributed by atoms with Crippen molar-refractivity contribution in [1.82, 2.24) is 9.55 Å². The van der Waals surface area contributed by atoms with Crippen LogP contribution in [0.5, 0.6) is 0 Å². The van der Waals surface area contributed by atoms with E-state index in [1.54, 1.807) is 4.57 Å². The average Bonchev–Trinajstić information content (AvgIpc) is 2.38. The molecule has 0 N–H and O–H groups in total. The normalized spacial score (nSPS) is 18.6. The van der Waals surface area contributed by atoms with Gasteiger partial charge in [0.05, 0.1) is 10.9 Å². The average molecular weight is 305 g/mol. The highest BCUT2D eigenvalue weighted by atomic mass is 79.9. The lowest BCUT2D eigenvalue weighted by Gasteiger charge is -2.23. The molecule has 4 heteroatoms. The molecule has 0 aliphatic carbocycles. The highest BCUT2D eigenvalue weighted by molar-refractivity contribution is 9.10. The standard InChI is InChI=1S/C14H13BrN2O/c1-2-9-3-6-13-16-12-7-10(15)4-5-11(12)14(18)17(13)8-9/h2,4-5,7,9H,1,3,6,8H2. The number of benzene rings is 1. The molecule has 0 radical (unpaired) electrons. The van der Waals surface area contributed by atoms with Gasteiger partial charge in [-0.15, -0.1) is 6.58 Å². The largest absolute Gasteiger partial charge is 0.296 e. The van der Waals surface area contributed by atoms with Crippen LogP contribution >= 0.6 is 15.9 Å². The molecule has 0 saturated heterocycles. The molecule has 0 spiro atoms. The number of hydrogen-bond acceptors (Lipinski definition) is 2. The van der Waals surface area contributed by atoms with Crippen LogP contribution in [0.3, 0.4) is 0 Å². The van der Waals surface area contributed by atoms with E-state index in [2.05, 4.69) is 27.5 Å². The van der Waals surface area contributed by atoms with Gasteiger partial charge in [-0.1, -0.05) is 22.0 Å². The van der Waals surface area contributed by atoms with E-state index < -0.39 is 0 Å². The van der Waals surface area contributed by atoms with Crippen LogP contribution in [0.4, 0.5) is 0 Å². The van der Waals surface area contributed by atoms with Crippen LogP contribution in [0.25, 0.3) is 10.9 Å². The number of aryl methyl sites for hydroxylation is 1. The summed E-state index contributed by atoms with van der Waals surface area (Å²) in [6.07, 6.45) is 3.80. The van der Waals surface area contributed by atoms with Crippen LogP contribution in [0.2, 0.25) is 0 Å². The summed E-state index contributed by atoms with van der Waals surface area (Å²) in [5, 5.41) is 0.687. The zero-order valence-corrected chi connectivity index (χ0v) is 11.5. The first-order chi connectivity index (χ1) is 8.69. The van der Waals surface area contributed by atoms with Crippen LogP contribution < -0.4 is 5.56 Å². The first kappa shape index (κ1) is 11.7. The van der Waals surface area contributed by atoms with Crippen molar-refractivity contribution >= 4 is 26.8 Å². The van der Waals surface area contributed by atoms with Crippen molar-refractivity contribution in [3.05, 3.63) is 51.5 Å². The smallest absolute Gasteiger partial charge is 0.261 e. The molecule has 1 aliphatic rings. The van der Waals surface area contributed by atoms with E-state index >= 15 is 0 Å². The summed E-state index contributed by atoms with van der Waals surface area (Å²) in [5.74, 6) is 1.27. The van der Waals surface area contributed by atoms with E-state index in [1.807, 2.05) is 24.3 Å². The van der Waals surface area contributed by atoms with Gasteiger partial charge < -0.3 is 0 Å². The Hall–Kier alpha value is -1.42. The van der Waals surface area contributed by atoms with Gasteiger partial charge >= 0.3 is 0 Å². The third kappa shape index (κ3) is 1.81. The minimum atomic E-state index is 0.0639. The predicted molar refractivity (Wildman–Crippen MR) is 75.7 cm³/mol. The Bertz CT molecular complexity index is 690. The van der Waals surface area contributed by atoms with E-state index in [-0.39, 0.29) is 5.56 Å². The first-order valence-electron chi connectivity index (χ1n) is 6.00. The molecule has 2 aromatic rings. The lowest BCUT2D eigenvalue weighted by atomic mass is 9.99. The minimum Gasteiger partial charge on any atom is -0.296 e. The van der Waals surface area contributed by atoms with Gasteiger partial charge in [-0.2, -0.15) is 0 Å². The maximum absolute atomic E-state index is 12.4. The van der Waals surface area contributed by atoms with E-state index in [1.165, 1.54) is 0 Å². The Morgan fingerprint density at radius 2 is 2.33 bits per heavy atom. The third-order valence-electron chi connectivity index (χ3n) is 3.49. The number of allylic oxidation sites excluding steroid dienone is 1. The summed E-state index contributed by atoms with van der Waals surface area (Å²) < 4.78 is 2.75. The van der Waals surface area contributed by atoms with Crippen molar-refractivity contribution in [2.75, 3.05) is 0 Å². The molecule has 1 unspecified atom stereocenters. The van der Waals surface area contributed by atoms with Crippen LogP contribution in [-0.2, 0) is 13.0 Å². The Balaban J connectivity index is 2.26. The summed E-state index contributed by atoms with van der Waals surface area (Å²) in [4.78, 5) is 17.0. The summed E-state index contributed by atoms with van der Waals surface area (Å²) in [5.41, 5.74) is 0.840. The molecule has 1 aliphatic heterocycles. The molecule has 0 amide bonds. The van der Waals surface area contributed by atoms with E-state index in [0.29, 0.717) is 17.8 Å². The molecule has 2 heterocycles. The zero-order valence-electron chi connectivity index (χ0n) is 9.90. The minimum absolute atomic E-state index is 0.0639. The van der Waals surface area contributed by atoms with Gasteiger partial charge in [0.25, 0.3) is 5.56 Å². The molecule has 1 atom stereocenters. The lowest BCUT2D eigenvalue weighted by molar-refractivity contribution is 0.416. The maximum Gasteiger partial charge on any atom is 0.261 e. The fourth-order valence-electron chi connectivity index (χ4n) is 2.45. The SMILES string of the molecule is C=CC1CCc2nc3cc(Br)ccc3c(=O)n2C1. The van der Waals surface area contributed by atoms with Crippen LogP contribution in [0.15, 0.2) is 40.1 Å². The van der Waals surface area contributed by atoms with Gasteiger partial charge in [0.1, 0.15) is 5.82 Å². The topological polar surface area (TPSA) is 34.9 Å². The summed E-state index contributed by atoms with van der Waals surface area (Å²) in [6.45, 7) is 4.52. The number of fused-ring (bicyclic) bond motifs is 2. The Morgan fingerprint density at radius 3 is 3.11 bits per heavy atom. The highest BCUT2D eigenvalue weighted by Crippen LogP contribution is 2.21. The van der Waals surface area contributed by atoms with Gasteiger partial charge in [-0.3, -0.25) is 9.36 Å². The second kappa shape index (κ2) is 4.35. The Kier molecular flexibility index (Phi) is 2.82. The summed E-state index contributed by atoms with van der Waals surface area (Å²) in [7, 11) is 0. The van der Waals surface area contributed by atoms with Gasteiger partial charge in [0.15, 0.2) is 0 Å². The first-order valence-corrected chi connectivity index (χ1v) is 6.80. The number of aromatic nitrogens is 2. The predicted octanol–water partition coefficient (Wildman–Crippen LogP) is 2.91. The molecule has 0 fully saturated rings. The number of hydrogen-bond donors (Lipinski definition) is 0. The zero-order chi connectivity index (χ0) is 12.7. The van der Waals surface area contributed by atoms with Crippen LogP contribution in [0.1, 0.15) is 12.2 Å². The fraction of sp³-hybridized carbons (Fsp3) is 0.286. The van der Waals surface area contributed by atoms with Crippen molar-refractivity contribution < 1.29 is 0 Å². The molecule has 0 bridgehead atoms. The van der Waals surface area contributed by atoms with Crippen molar-refractivity contribution in [2.24, 2.45) is 5.92 Å². The lowest BCUT2D eigenvalue weighted by Crippen LogP contribution is -2.32. The van der Waals surface area contributed by atoms with Crippen molar-refractivity contribution in [3.8, 4) is 0 Å². The maximum atomic E-state index is 12.4. The van der Waals surface area contributed by atoms with Gasteiger partial charge in [-0.05, 0) is 30.5 Å².